The Morgan fingerprint density at radius 2 is 1.95 bits per heavy atom. The molecule has 0 saturated heterocycles. The van der Waals surface area contributed by atoms with Crippen LogP contribution in [0.3, 0.4) is 0 Å². The Labute approximate surface area is 130 Å². The van der Waals surface area contributed by atoms with E-state index in [0.717, 1.165) is 5.56 Å². The summed E-state index contributed by atoms with van der Waals surface area (Å²) in [5.74, 6) is 0.642. The van der Waals surface area contributed by atoms with E-state index >= 15 is 0 Å². The molecule has 0 fully saturated rings. The van der Waals surface area contributed by atoms with Gasteiger partial charge in [0.25, 0.3) is 0 Å². The lowest BCUT2D eigenvalue weighted by atomic mass is 10.2. The number of nitrogens with zero attached hydrogens (tertiary/aromatic N) is 4. The number of benzene rings is 1. The van der Waals surface area contributed by atoms with Gasteiger partial charge in [-0.2, -0.15) is 5.10 Å². The van der Waals surface area contributed by atoms with E-state index in [-0.39, 0.29) is 5.02 Å². The van der Waals surface area contributed by atoms with E-state index < -0.39 is 5.82 Å². The summed E-state index contributed by atoms with van der Waals surface area (Å²) in [5, 5.41) is 4.98. The van der Waals surface area contributed by atoms with Gasteiger partial charge in [-0.15, -0.1) is 0 Å². The average molecular weight is 323 g/mol. The van der Waals surface area contributed by atoms with Crippen molar-refractivity contribution in [2.24, 2.45) is 7.05 Å². The van der Waals surface area contributed by atoms with E-state index in [0.29, 0.717) is 22.4 Å². The van der Waals surface area contributed by atoms with Gasteiger partial charge in [-0.3, -0.25) is 0 Å². The lowest BCUT2D eigenvalue weighted by Crippen LogP contribution is -1.94. The third-order valence-corrected chi connectivity index (χ3v) is 3.46. The van der Waals surface area contributed by atoms with E-state index in [2.05, 4.69) is 15.1 Å². The van der Waals surface area contributed by atoms with Crippen molar-refractivity contribution in [3.05, 3.63) is 52.5 Å². The quantitative estimate of drug-likeness (QED) is 0.670. The minimum absolute atomic E-state index is 0.265. The van der Waals surface area contributed by atoms with Crippen LogP contribution in [0.15, 0.2) is 36.5 Å². The maximum atomic E-state index is 13.1. The van der Waals surface area contributed by atoms with Crippen LogP contribution < -0.4 is 0 Å². The summed E-state index contributed by atoms with van der Waals surface area (Å²) < 4.78 is 14.7. The van der Waals surface area contributed by atoms with Crippen LogP contribution in [0.4, 0.5) is 4.39 Å². The summed E-state index contributed by atoms with van der Waals surface area (Å²) in [7, 11) is 1.76. The van der Waals surface area contributed by atoms with Crippen LogP contribution in [-0.2, 0) is 7.05 Å². The predicted molar refractivity (Wildman–Crippen MR) is 79.6 cm³/mol. The molecule has 4 nitrogen and oxygen atoms in total. The lowest BCUT2D eigenvalue weighted by molar-refractivity contribution is 0.628. The number of rotatable bonds is 2. The normalized spacial score (nSPS) is 10.9. The maximum absolute atomic E-state index is 13.1. The Morgan fingerprint density at radius 1 is 1.14 bits per heavy atom. The number of pyridine rings is 1. The topological polar surface area (TPSA) is 43.6 Å². The highest BCUT2D eigenvalue weighted by Crippen LogP contribution is 2.28. The molecular weight excluding hydrogens is 314 g/mol. The summed E-state index contributed by atoms with van der Waals surface area (Å²) in [4.78, 5) is 8.45. The summed E-state index contributed by atoms with van der Waals surface area (Å²) >= 11 is 11.8. The van der Waals surface area contributed by atoms with Crippen LogP contribution in [0.25, 0.3) is 22.8 Å². The summed E-state index contributed by atoms with van der Waals surface area (Å²) in [5.41, 5.74) is 1.35. The van der Waals surface area contributed by atoms with E-state index in [1.807, 2.05) is 0 Å². The second kappa shape index (κ2) is 5.42. The van der Waals surface area contributed by atoms with Gasteiger partial charge in [-0.05, 0) is 30.3 Å². The molecule has 106 valence electrons. The number of aromatic nitrogens is 4. The van der Waals surface area contributed by atoms with Gasteiger partial charge in [-0.1, -0.05) is 23.2 Å². The van der Waals surface area contributed by atoms with Gasteiger partial charge in [0.05, 0.1) is 5.02 Å². The van der Waals surface area contributed by atoms with Crippen LogP contribution in [-0.4, -0.2) is 19.7 Å². The average Bonchev–Trinajstić information content (AvgIpc) is 2.81. The standard InChI is InChI=1S/C14H9Cl2FN4/c1-21-14(8-2-5-12(16)18-7-8)19-13(20-21)10-4-3-9(17)6-11(10)15/h2-7H,1H3. The molecule has 0 aliphatic heterocycles. The third kappa shape index (κ3) is 2.75. The van der Waals surface area contributed by atoms with Crippen molar-refractivity contribution in [3.63, 3.8) is 0 Å². The molecule has 0 bridgehead atoms. The largest absolute Gasteiger partial charge is 0.248 e. The van der Waals surface area contributed by atoms with Crippen LogP contribution in [0.1, 0.15) is 0 Å². The number of hydrogen-bond acceptors (Lipinski definition) is 3. The predicted octanol–water partition coefficient (Wildman–Crippen LogP) is 3.99. The zero-order valence-electron chi connectivity index (χ0n) is 10.9. The summed E-state index contributed by atoms with van der Waals surface area (Å²) in [6, 6.07) is 7.58. The van der Waals surface area contributed by atoms with Gasteiger partial charge in [0, 0.05) is 24.4 Å². The fourth-order valence-electron chi connectivity index (χ4n) is 1.93. The van der Waals surface area contributed by atoms with Crippen molar-refractivity contribution in [1.29, 1.82) is 0 Å². The van der Waals surface area contributed by atoms with Gasteiger partial charge in [0.15, 0.2) is 11.6 Å². The molecule has 0 unspecified atom stereocenters. The molecule has 0 atom stereocenters. The number of hydrogen-bond donors (Lipinski definition) is 0. The minimum atomic E-state index is -0.401. The number of halogens is 3. The molecule has 2 aromatic heterocycles. The minimum Gasteiger partial charge on any atom is -0.248 e. The Balaban J connectivity index is 2.07. The SMILES string of the molecule is Cn1nc(-c2ccc(F)cc2Cl)nc1-c1ccc(Cl)nc1. The first kappa shape index (κ1) is 14.0. The van der Waals surface area contributed by atoms with E-state index in [9.17, 15) is 4.39 Å². The first-order valence-corrected chi connectivity index (χ1v) is 6.78. The molecule has 3 rings (SSSR count). The van der Waals surface area contributed by atoms with Crippen molar-refractivity contribution < 1.29 is 4.39 Å². The summed E-state index contributed by atoms with van der Waals surface area (Å²) in [6.07, 6.45) is 1.61. The van der Waals surface area contributed by atoms with Crippen molar-refractivity contribution in [2.75, 3.05) is 0 Å². The smallest absolute Gasteiger partial charge is 0.183 e. The molecule has 7 heteroatoms. The fraction of sp³-hybridized carbons (Fsp3) is 0.0714. The van der Waals surface area contributed by atoms with Crippen molar-refractivity contribution in [2.45, 2.75) is 0 Å². The molecule has 0 saturated carbocycles. The zero-order valence-corrected chi connectivity index (χ0v) is 12.4. The molecule has 0 radical (unpaired) electrons. The highest BCUT2D eigenvalue weighted by atomic mass is 35.5. The molecular formula is C14H9Cl2FN4. The Bertz CT molecular complexity index is 799. The molecule has 3 aromatic rings. The second-order valence-electron chi connectivity index (χ2n) is 4.38. The van der Waals surface area contributed by atoms with Crippen LogP contribution in [0, 0.1) is 5.82 Å². The molecule has 0 N–H and O–H groups in total. The zero-order chi connectivity index (χ0) is 15.0. The van der Waals surface area contributed by atoms with Gasteiger partial charge < -0.3 is 0 Å². The van der Waals surface area contributed by atoms with Gasteiger partial charge >= 0.3 is 0 Å². The van der Waals surface area contributed by atoms with Crippen molar-refractivity contribution in [1.82, 2.24) is 19.7 Å². The van der Waals surface area contributed by atoms with Crippen LogP contribution in [0.5, 0.6) is 0 Å². The second-order valence-corrected chi connectivity index (χ2v) is 5.17. The van der Waals surface area contributed by atoms with Crippen molar-refractivity contribution in [3.8, 4) is 22.8 Å². The van der Waals surface area contributed by atoms with Gasteiger partial charge in [0.1, 0.15) is 11.0 Å². The van der Waals surface area contributed by atoms with E-state index in [4.69, 9.17) is 23.2 Å². The number of aryl methyl sites for hydroxylation is 1. The summed E-state index contributed by atoms with van der Waals surface area (Å²) in [6.45, 7) is 0. The van der Waals surface area contributed by atoms with Gasteiger partial charge in [0.2, 0.25) is 0 Å². The Kier molecular flexibility index (Phi) is 3.61. The third-order valence-electron chi connectivity index (χ3n) is 2.92. The maximum Gasteiger partial charge on any atom is 0.183 e. The highest BCUT2D eigenvalue weighted by Gasteiger charge is 2.14. The monoisotopic (exact) mass is 322 g/mol. The first-order valence-electron chi connectivity index (χ1n) is 6.03. The van der Waals surface area contributed by atoms with E-state index in [1.165, 1.54) is 12.1 Å². The Hall–Kier alpha value is -1.98. The molecule has 1 aromatic carbocycles. The highest BCUT2D eigenvalue weighted by molar-refractivity contribution is 6.33. The van der Waals surface area contributed by atoms with E-state index in [1.54, 1.807) is 36.1 Å². The van der Waals surface area contributed by atoms with Gasteiger partial charge in [-0.25, -0.2) is 19.0 Å². The lowest BCUT2D eigenvalue weighted by Gasteiger charge is -1.99. The van der Waals surface area contributed by atoms with Crippen LogP contribution in [0.2, 0.25) is 10.2 Å². The first-order chi connectivity index (χ1) is 10.0. The molecule has 21 heavy (non-hydrogen) atoms. The Morgan fingerprint density at radius 3 is 2.62 bits per heavy atom. The molecule has 0 amide bonds. The van der Waals surface area contributed by atoms with Crippen molar-refractivity contribution >= 4 is 23.2 Å². The molecule has 0 spiro atoms. The van der Waals surface area contributed by atoms with Crippen LogP contribution >= 0.6 is 23.2 Å². The molecule has 2 heterocycles. The fourth-order valence-corrected chi connectivity index (χ4v) is 2.29. The molecule has 0 aliphatic carbocycles. The molecule has 0 aliphatic rings.